The van der Waals surface area contributed by atoms with Crippen LogP contribution in [0.5, 0.6) is 0 Å². The molecule has 1 amide bonds. The molecule has 0 saturated carbocycles. The van der Waals surface area contributed by atoms with Crippen molar-refractivity contribution in [1.82, 2.24) is 10.0 Å². The van der Waals surface area contributed by atoms with Crippen LogP contribution < -0.4 is 10.0 Å². The number of rotatable bonds is 6. The lowest BCUT2D eigenvalue weighted by atomic mass is 10.2. The largest absolute Gasteiger partial charge is 0.444 e. The number of carbonyl (C=O) groups excluding carboxylic acids is 1. The van der Waals surface area contributed by atoms with Crippen LogP contribution in [0.1, 0.15) is 27.2 Å². The first-order chi connectivity index (χ1) is 9.71. The number of hydrogen-bond acceptors (Lipinski definition) is 4. The van der Waals surface area contributed by atoms with Gasteiger partial charge in [-0.2, -0.15) is 0 Å². The number of benzene rings is 1. The van der Waals surface area contributed by atoms with Gasteiger partial charge in [-0.3, -0.25) is 0 Å². The molecule has 0 fully saturated rings. The Morgan fingerprint density at radius 3 is 2.33 bits per heavy atom. The molecular weight excluding hydrogens is 292 g/mol. The Labute approximate surface area is 125 Å². The third-order valence-corrected chi connectivity index (χ3v) is 3.84. The number of sulfonamides is 1. The molecule has 2 N–H and O–H groups in total. The number of amides is 1. The number of hydrogen-bond donors (Lipinski definition) is 2. The second kappa shape index (κ2) is 7.42. The van der Waals surface area contributed by atoms with E-state index in [4.69, 9.17) is 4.74 Å². The van der Waals surface area contributed by atoms with E-state index in [1.165, 1.54) is 12.1 Å². The lowest BCUT2D eigenvalue weighted by molar-refractivity contribution is 0.0527. The Balaban J connectivity index is 2.27. The normalized spacial score (nSPS) is 12.0. The Hall–Kier alpha value is -1.60. The fourth-order valence-corrected chi connectivity index (χ4v) is 2.58. The summed E-state index contributed by atoms with van der Waals surface area (Å²) in [5.41, 5.74) is -0.543. The first-order valence-corrected chi connectivity index (χ1v) is 8.20. The smallest absolute Gasteiger partial charge is 0.407 e. The Kier molecular flexibility index (Phi) is 6.17. The molecule has 0 spiro atoms. The maximum absolute atomic E-state index is 11.9. The summed E-state index contributed by atoms with van der Waals surface area (Å²) in [7, 11) is -3.48. The number of alkyl carbamates (subject to hydrolysis) is 1. The van der Waals surface area contributed by atoms with E-state index in [1.54, 1.807) is 39.0 Å². The van der Waals surface area contributed by atoms with E-state index in [0.717, 1.165) is 0 Å². The van der Waals surface area contributed by atoms with Crippen LogP contribution >= 0.6 is 0 Å². The third-order valence-electron chi connectivity index (χ3n) is 2.37. The monoisotopic (exact) mass is 314 g/mol. The van der Waals surface area contributed by atoms with Gasteiger partial charge in [0.15, 0.2) is 0 Å². The summed E-state index contributed by atoms with van der Waals surface area (Å²) >= 11 is 0. The predicted molar refractivity (Wildman–Crippen MR) is 80.5 cm³/mol. The highest BCUT2D eigenvalue weighted by molar-refractivity contribution is 7.89. The quantitative estimate of drug-likeness (QED) is 0.785. The van der Waals surface area contributed by atoms with Crippen molar-refractivity contribution in [2.24, 2.45) is 0 Å². The highest BCUT2D eigenvalue weighted by Crippen LogP contribution is 2.07. The van der Waals surface area contributed by atoms with Gasteiger partial charge in [-0.25, -0.2) is 17.9 Å². The van der Waals surface area contributed by atoms with Gasteiger partial charge in [-0.05, 0) is 39.3 Å². The average molecular weight is 314 g/mol. The summed E-state index contributed by atoms with van der Waals surface area (Å²) in [5.74, 6) is 0. The summed E-state index contributed by atoms with van der Waals surface area (Å²) in [4.78, 5) is 11.6. The third kappa shape index (κ3) is 7.10. The molecule has 0 unspecified atom stereocenters. The zero-order valence-corrected chi connectivity index (χ0v) is 13.4. The van der Waals surface area contributed by atoms with Gasteiger partial charge < -0.3 is 10.1 Å². The molecule has 1 aromatic carbocycles. The molecule has 7 heteroatoms. The zero-order chi connectivity index (χ0) is 15.9. The van der Waals surface area contributed by atoms with E-state index in [9.17, 15) is 13.2 Å². The van der Waals surface area contributed by atoms with Crippen LogP contribution in [-0.2, 0) is 14.8 Å². The number of ether oxygens (including phenoxy) is 1. The van der Waals surface area contributed by atoms with Gasteiger partial charge >= 0.3 is 6.09 Å². The molecule has 21 heavy (non-hydrogen) atoms. The molecule has 0 bridgehead atoms. The predicted octanol–water partition coefficient (Wildman–Crippen LogP) is 1.88. The molecular formula is C14H22N2O4S. The van der Waals surface area contributed by atoms with Crippen molar-refractivity contribution < 1.29 is 17.9 Å². The van der Waals surface area contributed by atoms with Crippen molar-refractivity contribution in [3.8, 4) is 0 Å². The Morgan fingerprint density at radius 1 is 1.14 bits per heavy atom. The summed E-state index contributed by atoms with van der Waals surface area (Å²) in [6.07, 6.45) is -0.0286. The molecule has 118 valence electrons. The summed E-state index contributed by atoms with van der Waals surface area (Å²) in [6.45, 7) is 5.92. The van der Waals surface area contributed by atoms with E-state index in [1.807, 2.05) is 0 Å². The topological polar surface area (TPSA) is 84.5 Å². The van der Waals surface area contributed by atoms with Gasteiger partial charge in [0.25, 0.3) is 0 Å². The average Bonchev–Trinajstić information content (AvgIpc) is 2.37. The Bertz CT molecular complexity index is 550. The van der Waals surface area contributed by atoms with Crippen LogP contribution in [0.2, 0.25) is 0 Å². The Morgan fingerprint density at radius 2 is 1.76 bits per heavy atom. The number of carbonyl (C=O) groups is 1. The molecule has 0 radical (unpaired) electrons. The van der Waals surface area contributed by atoms with Crippen molar-refractivity contribution in [2.75, 3.05) is 13.1 Å². The van der Waals surface area contributed by atoms with Crippen molar-refractivity contribution in [3.05, 3.63) is 30.3 Å². The van der Waals surface area contributed by atoms with E-state index < -0.39 is 21.7 Å². The first-order valence-electron chi connectivity index (χ1n) is 6.72. The van der Waals surface area contributed by atoms with Crippen LogP contribution in [-0.4, -0.2) is 33.2 Å². The van der Waals surface area contributed by atoms with Crippen LogP contribution in [0.4, 0.5) is 4.79 Å². The molecule has 0 aliphatic rings. The van der Waals surface area contributed by atoms with E-state index in [-0.39, 0.29) is 11.4 Å². The second-order valence-electron chi connectivity index (χ2n) is 5.49. The maximum Gasteiger partial charge on any atom is 0.407 e. The molecule has 0 saturated heterocycles. The molecule has 0 heterocycles. The fraction of sp³-hybridized carbons (Fsp3) is 0.500. The van der Waals surface area contributed by atoms with Crippen molar-refractivity contribution >= 4 is 16.1 Å². The van der Waals surface area contributed by atoms with Gasteiger partial charge in [-0.15, -0.1) is 0 Å². The van der Waals surface area contributed by atoms with E-state index in [0.29, 0.717) is 13.0 Å². The molecule has 6 nitrogen and oxygen atoms in total. The van der Waals surface area contributed by atoms with E-state index >= 15 is 0 Å². The minimum atomic E-state index is -3.48. The van der Waals surface area contributed by atoms with Gasteiger partial charge in [-0.1, -0.05) is 18.2 Å². The summed E-state index contributed by atoms with van der Waals surface area (Å²) in [6, 6.07) is 8.14. The summed E-state index contributed by atoms with van der Waals surface area (Å²) < 4.78 is 31.3. The lowest BCUT2D eigenvalue weighted by Gasteiger charge is -2.19. The lowest BCUT2D eigenvalue weighted by Crippen LogP contribution is -2.34. The maximum atomic E-state index is 11.9. The van der Waals surface area contributed by atoms with Crippen LogP contribution in [0, 0.1) is 0 Å². The van der Waals surface area contributed by atoms with Crippen molar-refractivity contribution in [3.63, 3.8) is 0 Å². The van der Waals surface area contributed by atoms with E-state index in [2.05, 4.69) is 10.0 Å². The minimum Gasteiger partial charge on any atom is -0.444 e. The molecule has 0 aliphatic heterocycles. The van der Waals surface area contributed by atoms with Gasteiger partial charge in [0.05, 0.1) is 4.90 Å². The SMILES string of the molecule is CC(C)(C)OC(=O)NCCCNS(=O)(=O)c1ccccc1. The van der Waals surface area contributed by atoms with Crippen LogP contribution in [0.25, 0.3) is 0 Å². The number of nitrogens with one attached hydrogen (secondary N) is 2. The molecule has 0 atom stereocenters. The minimum absolute atomic E-state index is 0.227. The standard InChI is InChI=1S/C14H22N2O4S/c1-14(2,3)20-13(17)15-10-7-11-16-21(18,19)12-8-5-4-6-9-12/h4-6,8-9,16H,7,10-11H2,1-3H3,(H,15,17). The zero-order valence-electron chi connectivity index (χ0n) is 12.5. The van der Waals surface area contributed by atoms with Crippen molar-refractivity contribution in [2.45, 2.75) is 37.7 Å². The molecule has 1 aromatic rings. The fourth-order valence-electron chi connectivity index (χ4n) is 1.48. The van der Waals surface area contributed by atoms with Crippen LogP contribution in [0.15, 0.2) is 35.2 Å². The highest BCUT2D eigenvalue weighted by atomic mass is 32.2. The second-order valence-corrected chi connectivity index (χ2v) is 7.26. The van der Waals surface area contributed by atoms with Gasteiger partial charge in [0.1, 0.15) is 5.60 Å². The molecule has 1 rings (SSSR count). The van der Waals surface area contributed by atoms with Crippen molar-refractivity contribution in [1.29, 1.82) is 0 Å². The van der Waals surface area contributed by atoms with Crippen LogP contribution in [0.3, 0.4) is 0 Å². The van der Waals surface area contributed by atoms with Gasteiger partial charge in [0.2, 0.25) is 10.0 Å². The highest BCUT2D eigenvalue weighted by Gasteiger charge is 2.16. The van der Waals surface area contributed by atoms with Gasteiger partial charge in [0, 0.05) is 13.1 Å². The summed E-state index contributed by atoms with van der Waals surface area (Å²) in [5, 5.41) is 2.57. The molecule has 0 aliphatic carbocycles. The first kappa shape index (κ1) is 17.5. The molecule has 0 aromatic heterocycles.